The highest BCUT2D eigenvalue weighted by atomic mass is 32.1. The molecule has 1 aliphatic rings. The number of amides is 2. The van der Waals surface area contributed by atoms with Crippen LogP contribution in [0.1, 0.15) is 38.3 Å². The maximum Gasteiger partial charge on any atom is 0.268 e. The van der Waals surface area contributed by atoms with Crippen LogP contribution < -0.4 is 15.0 Å². The van der Waals surface area contributed by atoms with Crippen molar-refractivity contribution in [1.29, 1.82) is 0 Å². The molecule has 2 aromatic carbocycles. The van der Waals surface area contributed by atoms with Crippen LogP contribution in [0.2, 0.25) is 0 Å². The summed E-state index contributed by atoms with van der Waals surface area (Å²) >= 11 is 1.57. The van der Waals surface area contributed by atoms with Crippen LogP contribution in [0.3, 0.4) is 0 Å². The third-order valence-electron chi connectivity index (χ3n) is 5.42. The van der Waals surface area contributed by atoms with Gasteiger partial charge in [0, 0.05) is 16.6 Å². The van der Waals surface area contributed by atoms with Gasteiger partial charge in [-0.15, -0.1) is 11.3 Å². The van der Waals surface area contributed by atoms with Crippen LogP contribution in [0.4, 0.5) is 11.4 Å². The van der Waals surface area contributed by atoms with Gasteiger partial charge in [0.25, 0.3) is 5.91 Å². The minimum absolute atomic E-state index is 0.0379. The van der Waals surface area contributed by atoms with Crippen molar-refractivity contribution in [2.75, 3.05) is 16.8 Å². The Kier molecular flexibility index (Phi) is 5.77. The zero-order valence-corrected chi connectivity index (χ0v) is 19.7. The number of benzene rings is 2. The molecule has 0 saturated carbocycles. The molecule has 0 aliphatic carbocycles. The zero-order valence-electron chi connectivity index (χ0n) is 18.9. The summed E-state index contributed by atoms with van der Waals surface area (Å²) in [6.45, 7) is 9.98. The average molecular weight is 450 g/mol. The molecule has 0 spiro atoms. The predicted octanol–water partition coefficient (Wildman–Crippen LogP) is 5.17. The first-order chi connectivity index (χ1) is 15.1. The largest absolute Gasteiger partial charge is 0.479 e. The van der Waals surface area contributed by atoms with E-state index in [4.69, 9.17) is 4.74 Å². The van der Waals surface area contributed by atoms with Gasteiger partial charge in [0.2, 0.25) is 5.91 Å². The van der Waals surface area contributed by atoms with E-state index < -0.39 is 6.10 Å². The number of carbonyl (C=O) groups is 2. The predicted molar refractivity (Wildman–Crippen MR) is 129 cm³/mol. The number of thiazole rings is 1. The van der Waals surface area contributed by atoms with Crippen LogP contribution >= 0.6 is 11.3 Å². The lowest BCUT2D eigenvalue weighted by Crippen LogP contribution is -2.47. The van der Waals surface area contributed by atoms with E-state index in [9.17, 15) is 9.59 Å². The van der Waals surface area contributed by atoms with E-state index in [1.165, 1.54) is 10.5 Å². The Labute approximate surface area is 192 Å². The molecule has 4 rings (SSSR count). The quantitative estimate of drug-likeness (QED) is 0.597. The number of fused-ring (bicyclic) bond motifs is 1. The molecule has 0 radical (unpaired) electrons. The molecule has 2 amide bonds. The SMILES string of the molecule is Cc1nc(-c2ccc3c(c2)N(CC(=O)Nc2ccc(C(C)(C)C)cc2)C(=O)C(C)O3)cs1. The molecule has 1 aliphatic heterocycles. The van der Waals surface area contributed by atoms with Crippen LogP contribution in [-0.4, -0.2) is 29.4 Å². The fourth-order valence-electron chi connectivity index (χ4n) is 3.62. The van der Waals surface area contributed by atoms with Gasteiger partial charge in [0.1, 0.15) is 12.3 Å². The summed E-state index contributed by atoms with van der Waals surface area (Å²) in [5, 5.41) is 5.84. The van der Waals surface area contributed by atoms with Gasteiger partial charge in [-0.05, 0) is 55.2 Å². The summed E-state index contributed by atoms with van der Waals surface area (Å²) in [4.78, 5) is 31.7. The normalized spacial score (nSPS) is 15.8. The lowest BCUT2D eigenvalue weighted by molar-refractivity contribution is -0.127. The molecule has 1 N–H and O–H groups in total. The van der Waals surface area contributed by atoms with Gasteiger partial charge in [-0.1, -0.05) is 32.9 Å². The highest BCUT2D eigenvalue weighted by Gasteiger charge is 2.33. The van der Waals surface area contributed by atoms with Crippen molar-refractivity contribution in [3.05, 3.63) is 58.4 Å². The first-order valence-corrected chi connectivity index (χ1v) is 11.4. The Bertz CT molecular complexity index is 1160. The molecule has 7 heteroatoms. The summed E-state index contributed by atoms with van der Waals surface area (Å²) in [7, 11) is 0. The maximum atomic E-state index is 12.9. The third-order valence-corrected chi connectivity index (χ3v) is 6.19. The van der Waals surface area contributed by atoms with Gasteiger partial charge >= 0.3 is 0 Å². The summed E-state index contributed by atoms with van der Waals surface area (Å²) in [6, 6.07) is 13.4. The second-order valence-corrected chi connectivity index (χ2v) is 10.1. The number of anilines is 2. The Balaban J connectivity index is 1.56. The van der Waals surface area contributed by atoms with Crippen molar-refractivity contribution < 1.29 is 14.3 Å². The van der Waals surface area contributed by atoms with E-state index in [0.717, 1.165) is 16.3 Å². The summed E-state index contributed by atoms with van der Waals surface area (Å²) in [5.74, 6) is 0.0642. The smallest absolute Gasteiger partial charge is 0.268 e. The number of rotatable bonds is 4. The van der Waals surface area contributed by atoms with Crippen LogP contribution in [0.15, 0.2) is 47.8 Å². The van der Waals surface area contributed by atoms with Crippen LogP contribution in [0, 0.1) is 6.92 Å². The van der Waals surface area contributed by atoms with Gasteiger partial charge < -0.3 is 10.1 Å². The molecule has 1 aromatic heterocycles. The molecule has 0 fully saturated rings. The summed E-state index contributed by atoms with van der Waals surface area (Å²) in [6.07, 6.45) is -0.659. The topological polar surface area (TPSA) is 71.5 Å². The zero-order chi connectivity index (χ0) is 23.0. The molecule has 1 atom stereocenters. The molecule has 2 heterocycles. The number of nitrogens with one attached hydrogen (secondary N) is 1. The van der Waals surface area contributed by atoms with Crippen molar-refractivity contribution in [3.63, 3.8) is 0 Å². The molecule has 3 aromatic rings. The summed E-state index contributed by atoms with van der Waals surface area (Å²) < 4.78 is 5.77. The fraction of sp³-hybridized carbons (Fsp3) is 0.320. The number of aromatic nitrogens is 1. The molecule has 0 bridgehead atoms. The van der Waals surface area contributed by atoms with Gasteiger partial charge in [0.05, 0.1) is 16.4 Å². The molecular weight excluding hydrogens is 422 g/mol. The number of aryl methyl sites for hydroxylation is 1. The van der Waals surface area contributed by atoms with E-state index in [-0.39, 0.29) is 23.8 Å². The number of ether oxygens (including phenoxy) is 1. The Hall–Kier alpha value is -3.19. The second-order valence-electron chi connectivity index (χ2n) is 8.99. The van der Waals surface area contributed by atoms with E-state index in [1.807, 2.05) is 54.8 Å². The highest BCUT2D eigenvalue weighted by molar-refractivity contribution is 7.09. The van der Waals surface area contributed by atoms with E-state index >= 15 is 0 Å². The van der Waals surface area contributed by atoms with Crippen molar-refractivity contribution in [2.24, 2.45) is 0 Å². The Morgan fingerprint density at radius 3 is 2.53 bits per heavy atom. The van der Waals surface area contributed by atoms with Crippen molar-refractivity contribution >= 4 is 34.5 Å². The molecule has 32 heavy (non-hydrogen) atoms. The number of carbonyl (C=O) groups excluding carboxylic acids is 2. The fourth-order valence-corrected chi connectivity index (χ4v) is 4.25. The molecular formula is C25H27N3O3S. The molecule has 166 valence electrons. The van der Waals surface area contributed by atoms with Crippen LogP contribution in [-0.2, 0) is 15.0 Å². The number of nitrogens with zero attached hydrogens (tertiary/aromatic N) is 2. The van der Waals surface area contributed by atoms with Crippen molar-refractivity contribution in [2.45, 2.75) is 46.1 Å². The second kappa shape index (κ2) is 8.39. The molecule has 6 nitrogen and oxygen atoms in total. The Morgan fingerprint density at radius 2 is 1.91 bits per heavy atom. The molecule has 1 unspecified atom stereocenters. The van der Waals surface area contributed by atoms with Gasteiger partial charge in [0.15, 0.2) is 6.10 Å². The van der Waals surface area contributed by atoms with E-state index in [0.29, 0.717) is 17.1 Å². The minimum Gasteiger partial charge on any atom is -0.479 e. The van der Waals surface area contributed by atoms with Gasteiger partial charge in [-0.25, -0.2) is 4.98 Å². The number of hydrogen-bond donors (Lipinski definition) is 1. The van der Waals surface area contributed by atoms with Gasteiger partial charge in [-0.3, -0.25) is 14.5 Å². The van der Waals surface area contributed by atoms with Gasteiger partial charge in [-0.2, -0.15) is 0 Å². The highest BCUT2D eigenvalue weighted by Crippen LogP contribution is 2.37. The van der Waals surface area contributed by atoms with Crippen LogP contribution in [0.25, 0.3) is 11.3 Å². The monoisotopic (exact) mass is 449 g/mol. The van der Waals surface area contributed by atoms with E-state index in [1.54, 1.807) is 18.3 Å². The lowest BCUT2D eigenvalue weighted by atomic mass is 9.87. The Morgan fingerprint density at radius 1 is 1.19 bits per heavy atom. The lowest BCUT2D eigenvalue weighted by Gasteiger charge is -2.32. The van der Waals surface area contributed by atoms with Crippen molar-refractivity contribution in [1.82, 2.24) is 4.98 Å². The maximum absolute atomic E-state index is 12.9. The first-order valence-electron chi connectivity index (χ1n) is 10.6. The average Bonchev–Trinajstić information content (AvgIpc) is 3.17. The minimum atomic E-state index is -0.659. The first kappa shape index (κ1) is 22.0. The van der Waals surface area contributed by atoms with Crippen molar-refractivity contribution in [3.8, 4) is 17.0 Å². The third kappa shape index (κ3) is 4.53. The van der Waals surface area contributed by atoms with Crippen LogP contribution in [0.5, 0.6) is 5.75 Å². The standard InChI is InChI=1S/C25H27N3O3S/c1-15-24(30)28(13-23(29)27-19-9-7-18(8-10-19)25(3,4)5)21-12-17(6-11-22(21)31-15)20-14-32-16(2)26-20/h6-12,14-15H,13H2,1-5H3,(H,27,29). The number of hydrogen-bond acceptors (Lipinski definition) is 5. The van der Waals surface area contributed by atoms with E-state index in [2.05, 4.69) is 31.1 Å². The molecule has 0 saturated heterocycles. The summed E-state index contributed by atoms with van der Waals surface area (Å²) in [5.41, 5.74) is 4.22.